The normalized spacial score (nSPS) is 26.2. The number of hydrogen-bond acceptors (Lipinski definition) is 3. The van der Waals surface area contributed by atoms with Crippen molar-refractivity contribution in [1.82, 2.24) is 9.97 Å². The van der Waals surface area contributed by atoms with Gasteiger partial charge in [0, 0.05) is 17.0 Å². The van der Waals surface area contributed by atoms with E-state index >= 15 is 0 Å². The predicted molar refractivity (Wildman–Crippen MR) is 50.7 cm³/mol. The summed E-state index contributed by atoms with van der Waals surface area (Å²) < 4.78 is 13.9. The maximum absolute atomic E-state index is 13.9. The molecule has 0 saturated carbocycles. The zero-order valence-corrected chi connectivity index (χ0v) is 8.70. The van der Waals surface area contributed by atoms with Crippen LogP contribution in [0.5, 0.6) is 0 Å². The molecule has 0 aromatic carbocycles. The van der Waals surface area contributed by atoms with E-state index in [1.54, 1.807) is 6.92 Å². The second kappa shape index (κ2) is 2.67. The van der Waals surface area contributed by atoms with Crippen molar-refractivity contribution in [2.24, 2.45) is 0 Å². The lowest BCUT2D eigenvalue weighted by atomic mass is 10.0. The standard InChI is InChI=1S/C9H11FN2S/c1-5-7-8(12-6(2)11-5)13-4-9(7,3)10/h4H2,1-3H3. The molecule has 0 bridgehead atoms. The van der Waals surface area contributed by atoms with E-state index in [2.05, 4.69) is 9.97 Å². The van der Waals surface area contributed by atoms with Crippen molar-refractivity contribution < 1.29 is 4.39 Å². The molecule has 0 amide bonds. The maximum atomic E-state index is 13.9. The number of thioether (sulfide) groups is 1. The first-order valence-corrected chi connectivity index (χ1v) is 5.17. The predicted octanol–water partition coefficient (Wildman–Crippen LogP) is 2.38. The van der Waals surface area contributed by atoms with Gasteiger partial charge in [0.25, 0.3) is 0 Å². The van der Waals surface area contributed by atoms with Crippen LogP contribution in [-0.2, 0) is 5.67 Å². The number of alkyl halides is 1. The van der Waals surface area contributed by atoms with Gasteiger partial charge < -0.3 is 0 Å². The van der Waals surface area contributed by atoms with Gasteiger partial charge in [-0.2, -0.15) is 0 Å². The summed E-state index contributed by atoms with van der Waals surface area (Å²) in [5.74, 6) is 1.18. The van der Waals surface area contributed by atoms with Crippen molar-refractivity contribution in [1.29, 1.82) is 0 Å². The average Bonchev–Trinajstić information content (AvgIpc) is 2.26. The Bertz CT molecular complexity index is 363. The number of halogens is 1. The molecule has 13 heavy (non-hydrogen) atoms. The molecule has 1 aliphatic rings. The van der Waals surface area contributed by atoms with E-state index in [1.165, 1.54) is 11.8 Å². The molecule has 0 saturated heterocycles. The molecule has 0 N–H and O–H groups in total. The molecule has 0 spiro atoms. The summed E-state index contributed by atoms with van der Waals surface area (Å²) in [6.45, 7) is 5.27. The van der Waals surface area contributed by atoms with Crippen LogP contribution in [0.4, 0.5) is 4.39 Å². The van der Waals surface area contributed by atoms with Gasteiger partial charge in [0.15, 0.2) is 0 Å². The van der Waals surface area contributed by atoms with Crippen molar-refractivity contribution in [2.75, 3.05) is 5.75 Å². The summed E-state index contributed by atoms with van der Waals surface area (Å²) in [4.78, 5) is 8.40. The quantitative estimate of drug-likeness (QED) is 0.598. The fourth-order valence-electron chi connectivity index (χ4n) is 1.66. The van der Waals surface area contributed by atoms with E-state index < -0.39 is 5.67 Å². The first-order chi connectivity index (χ1) is 6.00. The Morgan fingerprint density at radius 1 is 1.38 bits per heavy atom. The van der Waals surface area contributed by atoms with Gasteiger partial charge in [-0.15, -0.1) is 11.8 Å². The third-order valence-electron chi connectivity index (χ3n) is 2.17. The summed E-state index contributed by atoms with van der Waals surface area (Å²) >= 11 is 1.48. The van der Waals surface area contributed by atoms with Crippen molar-refractivity contribution >= 4 is 11.8 Å². The van der Waals surface area contributed by atoms with Crippen LogP contribution in [-0.4, -0.2) is 15.7 Å². The molecule has 2 heterocycles. The molecule has 1 atom stereocenters. The molecule has 2 nitrogen and oxygen atoms in total. The monoisotopic (exact) mass is 198 g/mol. The van der Waals surface area contributed by atoms with Crippen LogP contribution in [0.2, 0.25) is 0 Å². The molecule has 1 aromatic rings. The molecule has 0 fully saturated rings. The Balaban J connectivity index is 2.65. The zero-order valence-electron chi connectivity index (χ0n) is 7.89. The third-order valence-corrected chi connectivity index (χ3v) is 3.43. The number of nitrogens with zero attached hydrogens (tertiary/aromatic N) is 2. The summed E-state index contributed by atoms with van der Waals surface area (Å²) in [7, 11) is 0. The van der Waals surface area contributed by atoms with Gasteiger partial charge in [-0.25, -0.2) is 14.4 Å². The van der Waals surface area contributed by atoms with Gasteiger partial charge in [0.1, 0.15) is 16.5 Å². The highest BCUT2D eigenvalue weighted by atomic mass is 32.2. The number of rotatable bonds is 0. The minimum Gasteiger partial charge on any atom is -0.238 e. The van der Waals surface area contributed by atoms with E-state index in [0.29, 0.717) is 11.3 Å². The van der Waals surface area contributed by atoms with Gasteiger partial charge in [0.2, 0.25) is 0 Å². The van der Waals surface area contributed by atoms with Crippen molar-refractivity contribution in [3.8, 4) is 0 Å². The van der Waals surface area contributed by atoms with Crippen LogP contribution in [0.25, 0.3) is 0 Å². The SMILES string of the molecule is Cc1nc(C)c2c(n1)SCC2(C)F. The first-order valence-electron chi connectivity index (χ1n) is 4.18. The largest absolute Gasteiger partial charge is 0.238 e. The highest BCUT2D eigenvalue weighted by Crippen LogP contribution is 2.44. The Labute approximate surface area is 81.0 Å². The zero-order chi connectivity index (χ0) is 9.64. The maximum Gasteiger partial charge on any atom is 0.146 e. The average molecular weight is 198 g/mol. The molecular formula is C9H11FN2S. The van der Waals surface area contributed by atoms with Gasteiger partial charge >= 0.3 is 0 Å². The molecule has 0 radical (unpaired) electrons. The van der Waals surface area contributed by atoms with Crippen molar-refractivity contribution in [3.05, 3.63) is 17.1 Å². The molecule has 0 aliphatic carbocycles. The van der Waals surface area contributed by atoms with Gasteiger partial charge in [-0.05, 0) is 20.8 Å². The Kier molecular flexibility index (Phi) is 1.84. The molecule has 2 rings (SSSR count). The van der Waals surface area contributed by atoms with Crippen LogP contribution in [0.1, 0.15) is 24.0 Å². The fourth-order valence-corrected chi connectivity index (χ4v) is 2.92. The van der Waals surface area contributed by atoms with Gasteiger partial charge in [0.05, 0.1) is 0 Å². The summed E-state index contributed by atoms with van der Waals surface area (Å²) in [5, 5.41) is 0.815. The smallest absolute Gasteiger partial charge is 0.146 e. The molecule has 1 aliphatic heterocycles. The second-order valence-electron chi connectivity index (χ2n) is 3.52. The minimum absolute atomic E-state index is 0.460. The molecule has 70 valence electrons. The number of hydrogen-bond donors (Lipinski definition) is 0. The number of aryl methyl sites for hydroxylation is 2. The Hall–Kier alpha value is -0.640. The summed E-state index contributed by atoms with van der Waals surface area (Å²) in [6.07, 6.45) is 0. The lowest BCUT2D eigenvalue weighted by Gasteiger charge is -2.14. The fraction of sp³-hybridized carbons (Fsp3) is 0.556. The summed E-state index contributed by atoms with van der Waals surface area (Å²) in [5.41, 5.74) is 0.207. The first kappa shape index (κ1) is 8.94. The molecule has 1 unspecified atom stereocenters. The van der Waals surface area contributed by atoms with Crippen molar-refractivity contribution in [2.45, 2.75) is 31.5 Å². The van der Waals surface area contributed by atoms with Crippen LogP contribution in [0.3, 0.4) is 0 Å². The van der Waals surface area contributed by atoms with Crippen molar-refractivity contribution in [3.63, 3.8) is 0 Å². The van der Waals surface area contributed by atoms with E-state index in [1.807, 2.05) is 13.8 Å². The Morgan fingerprint density at radius 3 is 2.77 bits per heavy atom. The lowest BCUT2D eigenvalue weighted by molar-refractivity contribution is 0.227. The minimum atomic E-state index is -1.25. The van der Waals surface area contributed by atoms with Crippen LogP contribution in [0, 0.1) is 13.8 Å². The molecule has 4 heteroatoms. The van der Waals surface area contributed by atoms with E-state index in [0.717, 1.165) is 16.5 Å². The van der Waals surface area contributed by atoms with Crippen LogP contribution in [0.15, 0.2) is 5.03 Å². The van der Waals surface area contributed by atoms with Crippen LogP contribution >= 0.6 is 11.8 Å². The van der Waals surface area contributed by atoms with Gasteiger partial charge in [-0.3, -0.25) is 0 Å². The van der Waals surface area contributed by atoms with E-state index in [9.17, 15) is 4.39 Å². The highest BCUT2D eigenvalue weighted by molar-refractivity contribution is 7.99. The van der Waals surface area contributed by atoms with Gasteiger partial charge in [-0.1, -0.05) is 0 Å². The van der Waals surface area contributed by atoms with E-state index in [-0.39, 0.29) is 0 Å². The second-order valence-corrected chi connectivity index (χ2v) is 4.49. The third kappa shape index (κ3) is 1.33. The molecule has 1 aromatic heterocycles. The Morgan fingerprint density at radius 2 is 2.08 bits per heavy atom. The highest BCUT2D eigenvalue weighted by Gasteiger charge is 2.38. The topological polar surface area (TPSA) is 25.8 Å². The van der Waals surface area contributed by atoms with Crippen LogP contribution < -0.4 is 0 Å². The number of fused-ring (bicyclic) bond motifs is 1. The summed E-state index contributed by atoms with van der Waals surface area (Å²) in [6, 6.07) is 0. The number of aromatic nitrogens is 2. The molecular weight excluding hydrogens is 187 g/mol. The lowest BCUT2D eigenvalue weighted by Crippen LogP contribution is -2.16. The van der Waals surface area contributed by atoms with E-state index in [4.69, 9.17) is 0 Å².